The van der Waals surface area contributed by atoms with Crippen LogP contribution < -0.4 is 5.32 Å². The number of halogens is 1. The molecule has 29 heavy (non-hydrogen) atoms. The first-order valence-corrected chi connectivity index (χ1v) is 11.3. The Kier molecular flexibility index (Phi) is 4.26. The Hall–Kier alpha value is -2.13. The second kappa shape index (κ2) is 6.98. The number of hydrogen-bond donors (Lipinski definition) is 1. The number of rotatable bonds is 5. The van der Waals surface area contributed by atoms with Crippen molar-refractivity contribution in [1.82, 2.24) is 9.88 Å². The lowest BCUT2D eigenvalue weighted by Crippen LogP contribution is -2.54. The monoisotopic (exact) mass is 388 g/mol. The van der Waals surface area contributed by atoms with Crippen LogP contribution in [0.4, 0.5) is 4.39 Å². The van der Waals surface area contributed by atoms with Crippen LogP contribution in [-0.4, -0.2) is 10.6 Å². The molecule has 2 aromatic carbocycles. The molecule has 1 heterocycles. The molecule has 7 rings (SSSR count). The molecule has 0 aliphatic heterocycles. The summed E-state index contributed by atoms with van der Waals surface area (Å²) in [6.07, 6.45) is 9.52. The molecule has 2 nitrogen and oxygen atoms in total. The molecular formula is C26H29FN2. The number of hydrogen-bond acceptors (Lipinski definition) is 1. The molecule has 1 aromatic heterocycles. The van der Waals surface area contributed by atoms with Crippen LogP contribution in [0.5, 0.6) is 0 Å². The second-order valence-corrected chi connectivity index (χ2v) is 9.73. The van der Waals surface area contributed by atoms with E-state index in [9.17, 15) is 4.39 Å². The highest BCUT2D eigenvalue weighted by Gasteiger charge is 2.47. The van der Waals surface area contributed by atoms with Crippen LogP contribution in [0.25, 0.3) is 10.9 Å². The molecule has 0 unspecified atom stereocenters. The highest BCUT2D eigenvalue weighted by Crippen LogP contribution is 2.53. The maximum absolute atomic E-state index is 14.2. The van der Waals surface area contributed by atoms with Crippen LogP contribution in [0.2, 0.25) is 0 Å². The van der Waals surface area contributed by atoms with Gasteiger partial charge in [0.15, 0.2) is 0 Å². The van der Waals surface area contributed by atoms with E-state index < -0.39 is 0 Å². The highest BCUT2D eigenvalue weighted by atomic mass is 19.1. The molecule has 4 bridgehead atoms. The van der Waals surface area contributed by atoms with Crippen LogP contribution in [0.1, 0.15) is 43.2 Å². The maximum Gasteiger partial charge on any atom is 0.128 e. The van der Waals surface area contributed by atoms with Gasteiger partial charge in [-0.1, -0.05) is 36.4 Å². The van der Waals surface area contributed by atoms with Crippen molar-refractivity contribution in [2.24, 2.45) is 23.7 Å². The molecular weight excluding hydrogens is 359 g/mol. The molecule has 4 saturated carbocycles. The third-order valence-corrected chi connectivity index (χ3v) is 7.92. The van der Waals surface area contributed by atoms with Crippen LogP contribution >= 0.6 is 0 Å². The van der Waals surface area contributed by atoms with E-state index in [1.54, 1.807) is 12.1 Å². The predicted molar refractivity (Wildman–Crippen MR) is 115 cm³/mol. The van der Waals surface area contributed by atoms with Crippen molar-refractivity contribution in [1.29, 1.82) is 0 Å². The van der Waals surface area contributed by atoms with Crippen molar-refractivity contribution in [2.45, 2.75) is 51.2 Å². The van der Waals surface area contributed by atoms with E-state index >= 15 is 0 Å². The van der Waals surface area contributed by atoms with Crippen LogP contribution in [0, 0.1) is 29.5 Å². The van der Waals surface area contributed by atoms with Crippen LogP contribution in [0.3, 0.4) is 0 Å². The van der Waals surface area contributed by atoms with E-state index in [-0.39, 0.29) is 5.82 Å². The fraction of sp³-hybridized carbons (Fsp3) is 0.462. The molecule has 1 N–H and O–H groups in total. The largest absolute Gasteiger partial charge is 0.343 e. The van der Waals surface area contributed by atoms with E-state index in [4.69, 9.17) is 0 Å². The van der Waals surface area contributed by atoms with E-state index in [2.05, 4.69) is 40.3 Å². The Morgan fingerprint density at radius 3 is 2.28 bits per heavy atom. The zero-order chi connectivity index (χ0) is 19.4. The van der Waals surface area contributed by atoms with Crippen molar-refractivity contribution in [3.05, 3.63) is 71.7 Å². The number of fused-ring (bicyclic) bond motifs is 1. The third-order valence-electron chi connectivity index (χ3n) is 7.92. The van der Waals surface area contributed by atoms with Crippen molar-refractivity contribution in [2.75, 3.05) is 0 Å². The van der Waals surface area contributed by atoms with Gasteiger partial charge < -0.3 is 9.88 Å². The van der Waals surface area contributed by atoms with Crippen LogP contribution in [0.15, 0.2) is 54.7 Å². The van der Waals surface area contributed by atoms with Crippen molar-refractivity contribution >= 4 is 10.9 Å². The number of para-hydroxylation sites is 1. The number of benzene rings is 2. The van der Waals surface area contributed by atoms with E-state index in [0.29, 0.717) is 12.6 Å². The van der Waals surface area contributed by atoms with Gasteiger partial charge in [-0.2, -0.15) is 0 Å². The van der Waals surface area contributed by atoms with Gasteiger partial charge in [-0.25, -0.2) is 4.39 Å². The summed E-state index contributed by atoms with van der Waals surface area (Å²) in [6.45, 7) is 1.49. The van der Waals surface area contributed by atoms with Gasteiger partial charge in [0.2, 0.25) is 0 Å². The summed E-state index contributed by atoms with van der Waals surface area (Å²) in [6, 6.07) is 16.4. The number of nitrogens with zero attached hydrogens (tertiary/aromatic N) is 1. The van der Waals surface area contributed by atoms with Crippen molar-refractivity contribution in [3.8, 4) is 0 Å². The summed E-state index contributed by atoms with van der Waals surface area (Å²) in [5.74, 6) is 3.67. The molecule has 0 saturated heterocycles. The van der Waals surface area contributed by atoms with E-state index in [1.807, 2.05) is 12.1 Å². The molecule has 0 atom stereocenters. The lowest BCUT2D eigenvalue weighted by atomic mass is 9.54. The van der Waals surface area contributed by atoms with Gasteiger partial charge in [0.05, 0.1) is 6.54 Å². The van der Waals surface area contributed by atoms with Gasteiger partial charge in [0.25, 0.3) is 0 Å². The summed E-state index contributed by atoms with van der Waals surface area (Å²) < 4.78 is 16.4. The molecule has 0 radical (unpaired) electrons. The molecule has 4 aliphatic rings. The molecule has 0 amide bonds. The minimum Gasteiger partial charge on any atom is -0.343 e. The first-order valence-electron chi connectivity index (χ1n) is 11.3. The van der Waals surface area contributed by atoms with E-state index in [1.165, 1.54) is 48.6 Å². The zero-order valence-electron chi connectivity index (χ0n) is 16.9. The highest BCUT2D eigenvalue weighted by molar-refractivity contribution is 5.84. The minimum absolute atomic E-state index is 0.126. The lowest BCUT2D eigenvalue weighted by Gasteiger charge is -2.54. The van der Waals surface area contributed by atoms with Gasteiger partial charge in [-0.05, 0) is 73.5 Å². The summed E-state index contributed by atoms with van der Waals surface area (Å²) in [5, 5.41) is 5.27. The fourth-order valence-corrected chi connectivity index (χ4v) is 6.89. The Labute approximate surface area is 172 Å². The van der Waals surface area contributed by atoms with Crippen molar-refractivity contribution in [3.63, 3.8) is 0 Å². The first kappa shape index (κ1) is 17.7. The summed E-state index contributed by atoms with van der Waals surface area (Å²) in [7, 11) is 0. The van der Waals surface area contributed by atoms with Gasteiger partial charge in [-0.15, -0.1) is 0 Å². The molecule has 0 spiro atoms. The molecule has 3 heteroatoms. The zero-order valence-corrected chi connectivity index (χ0v) is 16.9. The number of nitrogens with one attached hydrogen (secondary N) is 1. The Bertz CT molecular complexity index is 1010. The normalized spacial score (nSPS) is 30.3. The van der Waals surface area contributed by atoms with E-state index in [0.717, 1.165) is 35.8 Å². The SMILES string of the molecule is Fc1ccccc1Cn1cc(CNC2C3CC4CC(C3)CC2C4)c2ccccc21. The maximum atomic E-state index is 14.2. The third kappa shape index (κ3) is 3.11. The van der Waals surface area contributed by atoms with Gasteiger partial charge >= 0.3 is 0 Å². The van der Waals surface area contributed by atoms with Gasteiger partial charge in [0.1, 0.15) is 5.82 Å². The molecule has 4 aliphatic carbocycles. The first-order chi connectivity index (χ1) is 14.2. The second-order valence-electron chi connectivity index (χ2n) is 9.73. The Morgan fingerprint density at radius 2 is 1.52 bits per heavy atom. The molecule has 3 aromatic rings. The molecule has 150 valence electrons. The lowest BCUT2D eigenvalue weighted by molar-refractivity contribution is -0.0142. The average molecular weight is 389 g/mol. The molecule has 4 fully saturated rings. The summed E-state index contributed by atoms with van der Waals surface area (Å²) >= 11 is 0. The van der Waals surface area contributed by atoms with Crippen LogP contribution in [-0.2, 0) is 13.1 Å². The van der Waals surface area contributed by atoms with Gasteiger partial charge in [-0.3, -0.25) is 0 Å². The minimum atomic E-state index is -0.126. The smallest absolute Gasteiger partial charge is 0.128 e. The quantitative estimate of drug-likeness (QED) is 0.589. The van der Waals surface area contributed by atoms with Crippen molar-refractivity contribution < 1.29 is 4.39 Å². The predicted octanol–water partition coefficient (Wildman–Crippen LogP) is 5.74. The fourth-order valence-electron chi connectivity index (χ4n) is 6.89. The topological polar surface area (TPSA) is 17.0 Å². The summed E-state index contributed by atoms with van der Waals surface area (Å²) in [5.41, 5.74) is 3.28. The average Bonchev–Trinajstić information content (AvgIpc) is 3.06. The standard InChI is InChI=1S/C26H29FN2/c27-24-7-3-1-5-19(24)15-29-16-22(23-6-2-4-8-25(23)29)14-28-26-20-10-17-9-18(12-20)13-21(26)11-17/h1-8,16-18,20-21,26,28H,9-15H2. The summed E-state index contributed by atoms with van der Waals surface area (Å²) in [4.78, 5) is 0. The van der Waals surface area contributed by atoms with Gasteiger partial charge in [0, 0.05) is 35.2 Å². The Morgan fingerprint density at radius 1 is 0.828 bits per heavy atom. The number of aromatic nitrogens is 1. The Balaban J connectivity index is 1.25.